The lowest BCUT2D eigenvalue weighted by atomic mass is 9.89. The third-order valence-electron chi connectivity index (χ3n) is 7.75. The van der Waals surface area contributed by atoms with Gasteiger partial charge in [0.2, 0.25) is 0 Å². The summed E-state index contributed by atoms with van der Waals surface area (Å²) >= 11 is 0. The van der Waals surface area contributed by atoms with Gasteiger partial charge in [-0.2, -0.15) is 0 Å². The van der Waals surface area contributed by atoms with Gasteiger partial charge in [0.1, 0.15) is 0 Å². The Bertz CT molecular complexity index is 861. The van der Waals surface area contributed by atoms with Gasteiger partial charge in [0, 0.05) is 74.3 Å². The Morgan fingerprint density at radius 1 is 0.719 bits per heavy atom. The molecule has 4 rings (SSSR count). The second kappa shape index (κ2) is 9.44. The molecule has 2 heterocycles. The largest absolute Gasteiger partial charge is 0.369 e. The van der Waals surface area contributed by atoms with Gasteiger partial charge in [-0.3, -0.25) is 9.80 Å². The monoisotopic (exact) mass is 434 g/mol. The fourth-order valence-electron chi connectivity index (χ4n) is 5.88. The van der Waals surface area contributed by atoms with Gasteiger partial charge >= 0.3 is 0 Å². The molecule has 0 radical (unpaired) electrons. The topological polar surface area (TPSA) is 13.0 Å². The molecule has 0 aliphatic carbocycles. The third kappa shape index (κ3) is 4.67. The predicted octanol–water partition coefficient (Wildman–Crippen LogP) is 5.05. The van der Waals surface area contributed by atoms with Crippen LogP contribution in [-0.4, -0.2) is 67.2 Å². The highest BCUT2D eigenvalue weighted by Gasteiger charge is 2.36. The third-order valence-corrected chi connectivity index (χ3v) is 7.75. The lowest BCUT2D eigenvalue weighted by Gasteiger charge is -2.49. The van der Waals surface area contributed by atoms with E-state index in [0.29, 0.717) is 18.1 Å². The molecule has 2 aliphatic heterocycles. The van der Waals surface area contributed by atoms with Gasteiger partial charge in [-0.1, -0.05) is 30.3 Å². The Hall–Kier alpha value is -2.04. The molecule has 2 aromatic carbocycles. The van der Waals surface area contributed by atoms with E-state index < -0.39 is 0 Å². The van der Waals surface area contributed by atoms with Crippen molar-refractivity contribution in [3.8, 4) is 0 Å². The average molecular weight is 435 g/mol. The zero-order valence-corrected chi connectivity index (χ0v) is 21.0. The van der Waals surface area contributed by atoms with Crippen LogP contribution in [0.25, 0.3) is 0 Å². The number of rotatable bonds is 5. The van der Waals surface area contributed by atoms with Crippen molar-refractivity contribution in [1.82, 2.24) is 9.80 Å². The average Bonchev–Trinajstić information content (AvgIpc) is 2.79. The van der Waals surface area contributed by atoms with Crippen molar-refractivity contribution in [3.05, 3.63) is 60.2 Å². The zero-order valence-electron chi connectivity index (χ0n) is 21.0. The summed E-state index contributed by atoms with van der Waals surface area (Å²) in [5.74, 6) is 0. The van der Waals surface area contributed by atoms with E-state index >= 15 is 0 Å². The number of para-hydroxylation sites is 1. The van der Waals surface area contributed by atoms with Crippen molar-refractivity contribution in [2.45, 2.75) is 65.2 Å². The Balaban J connectivity index is 1.42. The quantitative estimate of drug-likeness (QED) is 0.653. The Morgan fingerprint density at radius 3 is 1.84 bits per heavy atom. The molecule has 4 nitrogen and oxygen atoms in total. The van der Waals surface area contributed by atoms with Crippen LogP contribution in [0.15, 0.2) is 54.6 Å². The van der Waals surface area contributed by atoms with Gasteiger partial charge in [0.25, 0.3) is 0 Å². The van der Waals surface area contributed by atoms with E-state index in [1.165, 1.54) is 16.9 Å². The maximum atomic E-state index is 2.69. The SMILES string of the molecule is CC(C)N1CCN(c2ccc(C(C)(C)N3CCN(c4ccccc4)C[C@H]3C)cc2)C[C@@H]1C. The number of benzene rings is 2. The molecule has 2 saturated heterocycles. The van der Waals surface area contributed by atoms with Gasteiger partial charge in [-0.25, -0.2) is 0 Å². The lowest BCUT2D eigenvalue weighted by molar-refractivity contribution is 0.0644. The second-order valence-corrected chi connectivity index (χ2v) is 10.6. The summed E-state index contributed by atoms with van der Waals surface area (Å²) in [4.78, 5) is 10.4. The summed E-state index contributed by atoms with van der Waals surface area (Å²) in [5, 5.41) is 0. The molecule has 0 bridgehead atoms. The first-order chi connectivity index (χ1) is 15.3. The Morgan fingerprint density at radius 2 is 1.28 bits per heavy atom. The number of piperazine rings is 2. The minimum atomic E-state index is 0.0182. The van der Waals surface area contributed by atoms with Crippen LogP contribution in [0.1, 0.15) is 47.1 Å². The van der Waals surface area contributed by atoms with Crippen LogP contribution in [0.2, 0.25) is 0 Å². The molecule has 0 amide bonds. The molecule has 0 N–H and O–H groups in total. The summed E-state index contributed by atoms with van der Waals surface area (Å²) in [6.45, 7) is 20.7. The summed E-state index contributed by atoms with van der Waals surface area (Å²) in [6, 6.07) is 22.0. The van der Waals surface area contributed by atoms with Crippen molar-refractivity contribution in [1.29, 1.82) is 0 Å². The fraction of sp³-hybridized carbons (Fsp3) is 0.571. The van der Waals surface area contributed by atoms with Crippen LogP contribution in [0, 0.1) is 0 Å². The Labute approximate surface area is 195 Å². The number of nitrogens with zero attached hydrogens (tertiary/aromatic N) is 4. The summed E-state index contributed by atoms with van der Waals surface area (Å²) in [7, 11) is 0. The minimum Gasteiger partial charge on any atom is -0.369 e. The van der Waals surface area contributed by atoms with Crippen molar-refractivity contribution in [2.75, 3.05) is 49.1 Å². The van der Waals surface area contributed by atoms with Gasteiger partial charge in [-0.05, 0) is 71.4 Å². The summed E-state index contributed by atoms with van der Waals surface area (Å²) in [6.07, 6.45) is 0. The highest BCUT2D eigenvalue weighted by molar-refractivity contribution is 5.50. The summed E-state index contributed by atoms with van der Waals surface area (Å²) < 4.78 is 0. The molecular formula is C28H42N4. The van der Waals surface area contributed by atoms with Gasteiger partial charge in [0.05, 0.1) is 0 Å². The van der Waals surface area contributed by atoms with E-state index in [2.05, 4.69) is 116 Å². The number of hydrogen-bond acceptors (Lipinski definition) is 4. The second-order valence-electron chi connectivity index (χ2n) is 10.6. The predicted molar refractivity (Wildman–Crippen MR) is 138 cm³/mol. The first-order valence-electron chi connectivity index (χ1n) is 12.5. The van der Waals surface area contributed by atoms with E-state index in [1.807, 2.05) is 0 Å². The standard InChI is InChI=1S/C28H42N4/c1-22(2)31-18-16-29(20-23(31)3)27-14-12-25(13-15-27)28(5,6)32-19-17-30(21-24(32)4)26-10-8-7-9-11-26/h7-15,22-24H,16-21H2,1-6H3/t23-,24+/m0/s1. The van der Waals surface area contributed by atoms with Gasteiger partial charge in [-0.15, -0.1) is 0 Å². The van der Waals surface area contributed by atoms with Crippen molar-refractivity contribution < 1.29 is 0 Å². The number of hydrogen-bond donors (Lipinski definition) is 0. The van der Waals surface area contributed by atoms with Crippen LogP contribution in [-0.2, 0) is 5.54 Å². The van der Waals surface area contributed by atoms with Gasteiger partial charge in [0.15, 0.2) is 0 Å². The maximum absolute atomic E-state index is 2.69. The molecule has 32 heavy (non-hydrogen) atoms. The molecule has 0 spiro atoms. The van der Waals surface area contributed by atoms with Crippen LogP contribution in [0.4, 0.5) is 11.4 Å². The van der Waals surface area contributed by atoms with Crippen LogP contribution < -0.4 is 9.80 Å². The molecule has 2 aromatic rings. The van der Waals surface area contributed by atoms with E-state index in [1.54, 1.807) is 0 Å². The van der Waals surface area contributed by atoms with Crippen LogP contribution in [0.3, 0.4) is 0 Å². The molecule has 2 fully saturated rings. The first-order valence-corrected chi connectivity index (χ1v) is 12.5. The number of anilines is 2. The van der Waals surface area contributed by atoms with Crippen molar-refractivity contribution in [3.63, 3.8) is 0 Å². The smallest absolute Gasteiger partial charge is 0.0408 e. The molecule has 0 unspecified atom stereocenters. The van der Waals surface area contributed by atoms with E-state index in [4.69, 9.17) is 0 Å². The fourth-order valence-corrected chi connectivity index (χ4v) is 5.88. The molecule has 2 aliphatic rings. The van der Waals surface area contributed by atoms with Gasteiger partial charge < -0.3 is 9.80 Å². The summed E-state index contributed by atoms with van der Waals surface area (Å²) in [5.41, 5.74) is 4.13. The highest BCUT2D eigenvalue weighted by atomic mass is 15.3. The van der Waals surface area contributed by atoms with Crippen molar-refractivity contribution in [2.24, 2.45) is 0 Å². The molecular weight excluding hydrogens is 392 g/mol. The van der Waals surface area contributed by atoms with Crippen LogP contribution in [0.5, 0.6) is 0 Å². The normalized spacial score (nSPS) is 23.7. The Kier molecular flexibility index (Phi) is 6.83. The first kappa shape index (κ1) is 23.1. The maximum Gasteiger partial charge on any atom is 0.0408 e. The van der Waals surface area contributed by atoms with E-state index in [-0.39, 0.29) is 5.54 Å². The molecule has 4 heteroatoms. The lowest BCUT2D eigenvalue weighted by Crippen LogP contribution is -2.58. The zero-order chi connectivity index (χ0) is 22.9. The molecule has 2 atom stereocenters. The highest BCUT2D eigenvalue weighted by Crippen LogP contribution is 2.34. The molecule has 0 saturated carbocycles. The van der Waals surface area contributed by atoms with Crippen LogP contribution >= 0.6 is 0 Å². The minimum absolute atomic E-state index is 0.0182. The van der Waals surface area contributed by atoms with E-state index in [0.717, 1.165) is 39.3 Å². The molecule has 0 aromatic heterocycles. The van der Waals surface area contributed by atoms with E-state index in [9.17, 15) is 0 Å². The van der Waals surface area contributed by atoms with Crippen molar-refractivity contribution >= 4 is 11.4 Å². The molecule has 174 valence electrons.